The third kappa shape index (κ3) is 44.0. The molecule has 0 unspecified atom stereocenters. The third-order valence-corrected chi connectivity index (χ3v) is 12.5. The van der Waals surface area contributed by atoms with Gasteiger partial charge in [0.1, 0.15) is 0 Å². The molecule has 0 nitrogen and oxygen atoms in total. The number of hydrogen-bond donors (Lipinski definition) is 0. The molecule has 0 bridgehead atoms. The standard InChI is InChI=1S/2C18H37.2ClH.Sn/c2*1-3-5-7-9-11-13-15-17-18-16-14-12-10-8-6-4-2;;;/h2*1,3-18H2,2H3;2*1H;/q;;;;+2/p-2. The van der Waals surface area contributed by atoms with Crippen LogP contribution in [0.3, 0.4) is 0 Å². The molecule has 0 aliphatic heterocycles. The second kappa shape index (κ2) is 43.8. The molecule has 0 heterocycles. The van der Waals surface area contributed by atoms with Crippen LogP contribution in [0.25, 0.3) is 0 Å². The summed E-state index contributed by atoms with van der Waals surface area (Å²) in [7, 11) is 0. The third-order valence-electron chi connectivity index (χ3n) is 8.41. The minimum atomic E-state index is 0. The summed E-state index contributed by atoms with van der Waals surface area (Å²) in [6.45, 7) is 4.62. The Bertz CT molecular complexity index is 343. The van der Waals surface area contributed by atoms with Gasteiger partial charge in [-0.25, -0.2) is 0 Å². The molecule has 3 heteroatoms. The van der Waals surface area contributed by atoms with Crippen molar-refractivity contribution in [1.82, 2.24) is 0 Å². The molecule has 0 atom stereocenters. The van der Waals surface area contributed by atoms with Crippen LogP contribution in [0.15, 0.2) is 0 Å². The van der Waals surface area contributed by atoms with E-state index < -0.39 is 0 Å². The van der Waals surface area contributed by atoms with Gasteiger partial charge in [-0.05, 0) is 0 Å². The zero-order chi connectivity index (χ0) is 26.7. The predicted molar refractivity (Wildman–Crippen MR) is 174 cm³/mol. The summed E-state index contributed by atoms with van der Waals surface area (Å²) in [6.07, 6.45) is 47.9. The SMILES string of the molecule is CCCCCCCCCCCCCCCCC[CH2][Sn+2][CH2]CCCCCCCCCCCCCCCCC.[Cl-].[Cl-]. The fraction of sp³-hybridized carbons (Fsp3) is 1.00. The molecule has 236 valence electrons. The Morgan fingerprint density at radius 3 is 0.564 bits per heavy atom. The Morgan fingerprint density at radius 2 is 0.385 bits per heavy atom. The van der Waals surface area contributed by atoms with Crippen molar-refractivity contribution in [2.45, 2.75) is 228 Å². The average molecular weight is 697 g/mol. The Balaban J connectivity index is -0.00000648. The maximum atomic E-state index is 2.31. The Labute approximate surface area is 272 Å². The van der Waals surface area contributed by atoms with Crippen LogP contribution in [0.5, 0.6) is 0 Å². The smallest absolute Gasteiger partial charge is 1.00 e. The normalized spacial score (nSPS) is 10.7. The van der Waals surface area contributed by atoms with Gasteiger partial charge in [0.05, 0.1) is 0 Å². The molecule has 0 aliphatic carbocycles. The van der Waals surface area contributed by atoms with E-state index in [0.29, 0.717) is 0 Å². The summed E-state index contributed by atoms with van der Waals surface area (Å²) >= 11 is 0.00985. The molecule has 0 saturated heterocycles. The molecule has 0 N–H and O–H groups in total. The average Bonchev–Trinajstić information content (AvgIpc) is 2.91. The molecule has 0 fully saturated rings. The van der Waals surface area contributed by atoms with E-state index in [1.807, 2.05) is 0 Å². The van der Waals surface area contributed by atoms with E-state index >= 15 is 0 Å². The minimum Gasteiger partial charge on any atom is -1.00 e. The van der Waals surface area contributed by atoms with Crippen LogP contribution >= 0.6 is 0 Å². The van der Waals surface area contributed by atoms with Crippen LogP contribution in [0.4, 0.5) is 0 Å². The monoisotopic (exact) mass is 696 g/mol. The predicted octanol–water partition coefficient (Wildman–Crippen LogP) is 8.06. The van der Waals surface area contributed by atoms with Crippen molar-refractivity contribution in [1.29, 1.82) is 0 Å². The Morgan fingerprint density at radius 1 is 0.231 bits per heavy atom. The first-order valence-corrected chi connectivity index (χ1v) is 22.2. The second-order valence-corrected chi connectivity index (χ2v) is 16.6. The number of rotatable bonds is 34. The molecule has 0 saturated carbocycles. The summed E-state index contributed by atoms with van der Waals surface area (Å²) in [6, 6.07) is 0. The zero-order valence-electron chi connectivity index (χ0n) is 27.3. The fourth-order valence-electron chi connectivity index (χ4n) is 5.72. The summed E-state index contributed by atoms with van der Waals surface area (Å²) in [4.78, 5) is 0. The molecule has 0 aliphatic rings. The van der Waals surface area contributed by atoms with Crippen LogP contribution in [-0.2, 0) is 0 Å². The van der Waals surface area contributed by atoms with Gasteiger partial charge >= 0.3 is 171 Å². The van der Waals surface area contributed by atoms with Gasteiger partial charge in [-0.3, -0.25) is 0 Å². The van der Waals surface area contributed by atoms with Crippen molar-refractivity contribution in [3.8, 4) is 0 Å². The van der Waals surface area contributed by atoms with E-state index in [1.165, 1.54) is 193 Å². The first-order valence-electron chi connectivity index (χ1n) is 18.1. The van der Waals surface area contributed by atoms with Crippen molar-refractivity contribution in [2.75, 3.05) is 0 Å². The molecule has 0 spiro atoms. The molecule has 0 radical (unpaired) electrons. The first kappa shape index (κ1) is 44.8. The van der Waals surface area contributed by atoms with Crippen LogP contribution in [0.1, 0.15) is 219 Å². The maximum absolute atomic E-state index is 2.31. The van der Waals surface area contributed by atoms with Gasteiger partial charge in [-0.2, -0.15) is 0 Å². The summed E-state index contributed by atoms with van der Waals surface area (Å²) in [5, 5.41) is 0. The van der Waals surface area contributed by atoms with E-state index in [9.17, 15) is 0 Å². The van der Waals surface area contributed by atoms with E-state index in [0.717, 1.165) is 0 Å². The van der Waals surface area contributed by atoms with Crippen molar-refractivity contribution >= 4 is 21.1 Å². The van der Waals surface area contributed by atoms with Crippen molar-refractivity contribution in [2.24, 2.45) is 0 Å². The number of unbranched alkanes of at least 4 members (excludes halogenated alkanes) is 30. The van der Waals surface area contributed by atoms with E-state index in [2.05, 4.69) is 13.8 Å². The fourth-order valence-corrected chi connectivity index (χ4v) is 9.29. The molecule has 0 aromatic rings. The van der Waals surface area contributed by atoms with Crippen LogP contribution in [-0.4, -0.2) is 21.1 Å². The number of halogens is 2. The van der Waals surface area contributed by atoms with E-state index in [-0.39, 0.29) is 46.0 Å². The van der Waals surface area contributed by atoms with Gasteiger partial charge in [-0.1, -0.05) is 78.1 Å². The van der Waals surface area contributed by atoms with Gasteiger partial charge in [0.2, 0.25) is 0 Å². The van der Waals surface area contributed by atoms with Gasteiger partial charge < -0.3 is 24.8 Å². The van der Waals surface area contributed by atoms with Gasteiger partial charge in [-0.15, -0.1) is 0 Å². The van der Waals surface area contributed by atoms with E-state index in [4.69, 9.17) is 0 Å². The first-order chi connectivity index (χ1) is 18.4. The Hall–Kier alpha value is 1.38. The van der Waals surface area contributed by atoms with Crippen LogP contribution in [0, 0.1) is 0 Å². The Kier molecular flexibility index (Phi) is 50.4. The van der Waals surface area contributed by atoms with Gasteiger partial charge in [0.25, 0.3) is 0 Å². The van der Waals surface area contributed by atoms with Crippen LogP contribution in [0.2, 0.25) is 8.87 Å². The van der Waals surface area contributed by atoms with Crippen molar-refractivity contribution in [3.63, 3.8) is 0 Å². The van der Waals surface area contributed by atoms with E-state index in [1.54, 1.807) is 21.7 Å². The molecule has 0 amide bonds. The topological polar surface area (TPSA) is 0 Å². The second-order valence-electron chi connectivity index (χ2n) is 12.4. The minimum absolute atomic E-state index is 0. The number of hydrogen-bond acceptors (Lipinski definition) is 0. The quantitative estimate of drug-likeness (QED) is 0.0472. The zero-order valence-corrected chi connectivity index (χ0v) is 31.7. The van der Waals surface area contributed by atoms with Crippen LogP contribution < -0.4 is 24.8 Å². The molecule has 0 aromatic heterocycles. The summed E-state index contributed by atoms with van der Waals surface area (Å²) in [5.41, 5.74) is 0. The molecular formula is C36H74Cl2Sn. The summed E-state index contributed by atoms with van der Waals surface area (Å²) < 4.78 is 3.33. The summed E-state index contributed by atoms with van der Waals surface area (Å²) in [5.74, 6) is 0. The molecule has 39 heavy (non-hydrogen) atoms. The molecule has 0 rings (SSSR count). The van der Waals surface area contributed by atoms with Crippen molar-refractivity contribution < 1.29 is 24.8 Å². The molecular weight excluding hydrogens is 622 g/mol. The molecule has 0 aromatic carbocycles. The van der Waals surface area contributed by atoms with Crippen molar-refractivity contribution in [3.05, 3.63) is 0 Å². The van der Waals surface area contributed by atoms with Gasteiger partial charge in [0.15, 0.2) is 0 Å². The van der Waals surface area contributed by atoms with Gasteiger partial charge in [0, 0.05) is 0 Å².